The Bertz CT molecular complexity index is 1530. The molecule has 9 nitrogen and oxygen atoms in total. The van der Waals surface area contributed by atoms with E-state index in [0.29, 0.717) is 23.9 Å². The van der Waals surface area contributed by atoms with E-state index in [-0.39, 0.29) is 24.9 Å². The first-order chi connectivity index (χ1) is 36.9. The normalized spacial score (nSPS) is 14.1. The summed E-state index contributed by atoms with van der Waals surface area (Å²) in [5.74, 6) is -0.556. The maximum atomic E-state index is 13.5. The number of amides is 1. The molecule has 10 heteroatoms. The molecule has 0 aromatic carbocycles. The molecule has 442 valence electrons. The van der Waals surface area contributed by atoms with Crippen LogP contribution in [0.3, 0.4) is 0 Å². The third-order valence-electron chi connectivity index (χ3n) is 13.9. The lowest BCUT2D eigenvalue weighted by Crippen LogP contribution is -2.47. The van der Waals surface area contributed by atoms with Crippen LogP contribution in [0.1, 0.15) is 284 Å². The fourth-order valence-corrected chi connectivity index (χ4v) is 9.65. The first-order valence-corrected chi connectivity index (χ1v) is 33.2. The lowest BCUT2D eigenvalue weighted by Gasteiger charge is -2.30. The van der Waals surface area contributed by atoms with E-state index in [1.165, 1.54) is 141 Å². The summed E-state index contributed by atoms with van der Waals surface area (Å²) >= 11 is 0. The van der Waals surface area contributed by atoms with Gasteiger partial charge < -0.3 is 28.5 Å². The van der Waals surface area contributed by atoms with Crippen LogP contribution in [0, 0.1) is 0 Å². The molecule has 0 rings (SSSR count). The van der Waals surface area contributed by atoms with Crippen molar-refractivity contribution >= 4 is 19.7 Å². The predicted molar refractivity (Wildman–Crippen MR) is 325 cm³/mol. The quantitative estimate of drug-likeness (QED) is 0.0161. The Hall–Kier alpha value is -2.55. The number of ether oxygens (including phenoxy) is 1. The van der Waals surface area contributed by atoms with Gasteiger partial charge in [-0.3, -0.25) is 14.2 Å². The molecule has 0 aromatic heterocycles. The molecule has 1 N–H and O–H groups in total. The summed E-state index contributed by atoms with van der Waals surface area (Å²) in [6, 6.07) is -0.897. The van der Waals surface area contributed by atoms with Crippen molar-refractivity contribution < 1.29 is 37.3 Å². The number of rotatable bonds is 57. The van der Waals surface area contributed by atoms with Crippen molar-refractivity contribution in [2.24, 2.45) is 0 Å². The molecule has 1 amide bonds. The second kappa shape index (κ2) is 55.8. The number of nitrogens with one attached hydrogen (secondary N) is 1. The Morgan fingerprint density at radius 2 is 0.842 bits per heavy atom. The number of likely N-dealkylation sites (N-methyl/N-ethyl adjacent to an activating group) is 1. The predicted octanol–water partition coefficient (Wildman–Crippen LogP) is 19.0. The first-order valence-electron chi connectivity index (χ1n) is 31.8. The highest BCUT2D eigenvalue weighted by molar-refractivity contribution is 7.45. The molecule has 0 aliphatic rings. The molecule has 0 aliphatic heterocycles. The topological polar surface area (TPSA) is 114 Å². The third-order valence-corrected chi connectivity index (χ3v) is 14.9. The van der Waals surface area contributed by atoms with E-state index >= 15 is 0 Å². The largest absolute Gasteiger partial charge is 0.756 e. The number of hydrogen-bond acceptors (Lipinski definition) is 7. The summed E-state index contributed by atoms with van der Waals surface area (Å²) in [5.41, 5.74) is 0. The van der Waals surface area contributed by atoms with Crippen molar-refractivity contribution in [2.75, 3.05) is 40.9 Å². The van der Waals surface area contributed by atoms with E-state index in [2.05, 4.69) is 86.8 Å². The van der Waals surface area contributed by atoms with Crippen LogP contribution < -0.4 is 10.2 Å². The second-order valence-electron chi connectivity index (χ2n) is 22.6. The zero-order valence-corrected chi connectivity index (χ0v) is 51.3. The fraction of sp³-hybridized carbons (Fsp3) is 0.788. The van der Waals surface area contributed by atoms with Crippen LogP contribution in [0.15, 0.2) is 72.9 Å². The molecule has 0 fully saturated rings. The number of unbranched alkanes of at least 4 members (excludes halogenated alkanes) is 32. The molecule has 0 saturated carbocycles. The van der Waals surface area contributed by atoms with Gasteiger partial charge in [0.1, 0.15) is 19.3 Å². The van der Waals surface area contributed by atoms with Crippen LogP contribution in [-0.4, -0.2) is 69.4 Å². The number of carbonyl (C=O) groups is 2. The Balaban J connectivity index is 5.20. The van der Waals surface area contributed by atoms with Crippen molar-refractivity contribution in [3.8, 4) is 0 Å². The van der Waals surface area contributed by atoms with E-state index < -0.39 is 26.6 Å². The minimum atomic E-state index is -4.70. The Labute approximate surface area is 470 Å². The van der Waals surface area contributed by atoms with Crippen LogP contribution in [0.5, 0.6) is 0 Å². The molecular formula is C66H121N2O7P. The van der Waals surface area contributed by atoms with Gasteiger partial charge in [-0.1, -0.05) is 248 Å². The van der Waals surface area contributed by atoms with Crippen molar-refractivity contribution in [1.82, 2.24) is 5.32 Å². The second-order valence-corrected chi connectivity index (χ2v) is 24.0. The van der Waals surface area contributed by atoms with Gasteiger partial charge in [0, 0.05) is 12.8 Å². The summed E-state index contributed by atoms with van der Waals surface area (Å²) in [5, 5.41) is 3.03. The van der Waals surface area contributed by atoms with Gasteiger partial charge in [-0.05, 0) is 96.0 Å². The summed E-state index contributed by atoms with van der Waals surface area (Å²) in [4.78, 5) is 40.0. The maximum Gasteiger partial charge on any atom is 0.306 e. The van der Waals surface area contributed by atoms with Crippen LogP contribution >= 0.6 is 7.82 Å². The highest BCUT2D eigenvalue weighted by Crippen LogP contribution is 2.38. The molecule has 76 heavy (non-hydrogen) atoms. The van der Waals surface area contributed by atoms with E-state index in [0.717, 1.165) is 103 Å². The number of esters is 1. The molecule has 0 aromatic rings. The highest BCUT2D eigenvalue weighted by atomic mass is 31.2. The van der Waals surface area contributed by atoms with E-state index in [9.17, 15) is 19.0 Å². The van der Waals surface area contributed by atoms with Crippen molar-refractivity contribution in [2.45, 2.75) is 296 Å². The molecule has 0 bridgehead atoms. The van der Waals surface area contributed by atoms with Crippen molar-refractivity contribution in [3.63, 3.8) is 0 Å². The summed E-state index contributed by atoms with van der Waals surface area (Å²) in [6.07, 6.45) is 71.5. The average Bonchev–Trinajstić information content (AvgIpc) is 3.38. The monoisotopic (exact) mass is 1080 g/mol. The number of phosphoric ester groups is 1. The van der Waals surface area contributed by atoms with Gasteiger partial charge in [0.05, 0.1) is 33.8 Å². The zero-order chi connectivity index (χ0) is 55.7. The highest BCUT2D eigenvalue weighted by Gasteiger charge is 2.27. The molecular weight excluding hydrogens is 964 g/mol. The van der Waals surface area contributed by atoms with Gasteiger partial charge in [-0.15, -0.1) is 0 Å². The minimum absolute atomic E-state index is 0.0271. The molecule has 3 atom stereocenters. The van der Waals surface area contributed by atoms with Gasteiger partial charge in [0.25, 0.3) is 7.82 Å². The number of allylic oxidation sites excluding steroid dienone is 11. The van der Waals surface area contributed by atoms with Gasteiger partial charge in [0.15, 0.2) is 0 Å². The van der Waals surface area contributed by atoms with Gasteiger partial charge >= 0.3 is 5.97 Å². The number of carbonyl (C=O) groups excluding carboxylic acids is 2. The number of nitrogens with zero attached hydrogens (tertiary/aromatic N) is 1. The lowest BCUT2D eigenvalue weighted by atomic mass is 10.0. The van der Waals surface area contributed by atoms with Crippen LogP contribution in [0.2, 0.25) is 0 Å². The summed E-state index contributed by atoms with van der Waals surface area (Å²) < 4.78 is 30.3. The summed E-state index contributed by atoms with van der Waals surface area (Å²) in [7, 11) is 1.17. The molecule has 0 heterocycles. The minimum Gasteiger partial charge on any atom is -0.756 e. The van der Waals surface area contributed by atoms with Gasteiger partial charge in [-0.2, -0.15) is 0 Å². The smallest absolute Gasteiger partial charge is 0.306 e. The number of quaternary nitrogens is 1. The fourth-order valence-electron chi connectivity index (χ4n) is 8.93. The van der Waals surface area contributed by atoms with E-state index in [4.69, 9.17) is 13.8 Å². The summed E-state index contributed by atoms with van der Waals surface area (Å²) in [6.45, 7) is 6.78. The van der Waals surface area contributed by atoms with E-state index in [1.54, 1.807) is 0 Å². The van der Waals surface area contributed by atoms with E-state index in [1.807, 2.05) is 33.3 Å². The molecule has 3 unspecified atom stereocenters. The van der Waals surface area contributed by atoms with Gasteiger partial charge in [-0.25, -0.2) is 0 Å². The van der Waals surface area contributed by atoms with Crippen LogP contribution in [0.4, 0.5) is 0 Å². The average molecular weight is 1090 g/mol. The Morgan fingerprint density at radius 1 is 0.474 bits per heavy atom. The SMILES string of the molecule is CCCCC/C=C\C/C=C\C/C=C\CCCCCCCCCCCCC(=O)NC(COP(=O)([O-])OCC[N+](C)(C)C)C(/C=C\CCCCCCCCCCCC)OC(=O)CCCCCCCC/C=C/C=C/CCCCC. The van der Waals surface area contributed by atoms with Gasteiger partial charge in [0.2, 0.25) is 5.91 Å². The Kier molecular flexibility index (Phi) is 53.9. The third kappa shape index (κ3) is 56.2. The zero-order valence-electron chi connectivity index (χ0n) is 50.4. The first kappa shape index (κ1) is 73.5. The maximum absolute atomic E-state index is 13.5. The lowest BCUT2D eigenvalue weighted by molar-refractivity contribution is -0.870. The molecule has 0 radical (unpaired) electrons. The molecule has 0 spiro atoms. The number of hydrogen-bond donors (Lipinski definition) is 1. The Morgan fingerprint density at radius 3 is 1.30 bits per heavy atom. The van der Waals surface area contributed by atoms with Crippen LogP contribution in [-0.2, 0) is 27.9 Å². The number of phosphoric acid groups is 1. The van der Waals surface area contributed by atoms with Crippen molar-refractivity contribution in [3.05, 3.63) is 72.9 Å². The molecule has 0 saturated heterocycles. The standard InChI is InChI=1S/C66H121N2O7P/c1-7-10-13-16-19-22-25-28-30-31-32-33-34-35-36-37-39-40-43-46-49-52-55-58-65(69)67-63(62-74-76(71,72)73-61-60-68(4,5)6)64(57-54-51-48-45-42-27-24-21-18-15-12-9-3)75-66(70)59-56-53-50-47-44-41-38-29-26-23-20-17-14-11-8-2/h19-20,22-23,26,28-30,32-33,54,57,63-64H,7-18,21,24-25,27,31,34-53,55-56,58-62H2,1-6H3,(H-,67,69,71,72)/b22-19-,23-20+,29-26+,30-28-,33-32-,57-54-. The van der Waals surface area contributed by atoms with Crippen LogP contribution in [0.25, 0.3) is 0 Å². The van der Waals surface area contributed by atoms with Crippen molar-refractivity contribution in [1.29, 1.82) is 0 Å². The molecule has 0 aliphatic carbocycles.